The van der Waals surface area contributed by atoms with Crippen molar-refractivity contribution in [3.05, 3.63) is 15.8 Å². The van der Waals surface area contributed by atoms with Gasteiger partial charge in [0, 0.05) is 26.1 Å². The minimum Gasteiger partial charge on any atom is -0.363 e. The van der Waals surface area contributed by atoms with E-state index in [-0.39, 0.29) is 29.7 Å². The Kier molecular flexibility index (Phi) is 5.67. The largest absolute Gasteiger partial charge is 0.363 e. The second kappa shape index (κ2) is 6.85. The number of aromatic nitrogens is 2. The average Bonchev–Trinajstić information content (AvgIpc) is 2.67. The van der Waals surface area contributed by atoms with Crippen LogP contribution in [0.5, 0.6) is 0 Å². The molecule has 1 aromatic rings. The Morgan fingerprint density at radius 1 is 1.43 bits per heavy atom. The average molecular weight is 319 g/mol. The zero-order valence-electron chi connectivity index (χ0n) is 12.6. The summed E-state index contributed by atoms with van der Waals surface area (Å²) in [5.74, 6) is -0.0479. The van der Waals surface area contributed by atoms with Gasteiger partial charge in [0.2, 0.25) is 15.8 Å². The predicted molar refractivity (Wildman–Crippen MR) is 79.9 cm³/mol. The van der Waals surface area contributed by atoms with E-state index in [0.717, 1.165) is 0 Å². The van der Waals surface area contributed by atoms with Crippen LogP contribution in [0.4, 0.5) is 11.5 Å². The molecule has 21 heavy (non-hydrogen) atoms. The molecule has 10 heteroatoms. The third-order valence-electron chi connectivity index (χ3n) is 2.81. The Hall–Kier alpha value is -1.68. The van der Waals surface area contributed by atoms with E-state index in [9.17, 15) is 18.5 Å². The van der Waals surface area contributed by atoms with Gasteiger partial charge in [0.05, 0.1) is 10.7 Å². The lowest BCUT2D eigenvalue weighted by Crippen LogP contribution is -2.29. The van der Waals surface area contributed by atoms with Gasteiger partial charge in [-0.15, -0.1) is 0 Å². The molecule has 0 aliphatic carbocycles. The van der Waals surface area contributed by atoms with Crippen molar-refractivity contribution in [3.63, 3.8) is 0 Å². The number of rotatable bonds is 8. The first-order valence-electron chi connectivity index (χ1n) is 6.62. The summed E-state index contributed by atoms with van der Waals surface area (Å²) in [6.45, 7) is 5.69. The van der Waals surface area contributed by atoms with Gasteiger partial charge < -0.3 is 5.32 Å². The fourth-order valence-corrected chi connectivity index (χ4v) is 2.85. The highest BCUT2D eigenvalue weighted by molar-refractivity contribution is 7.89. The van der Waals surface area contributed by atoms with Crippen molar-refractivity contribution in [2.45, 2.75) is 26.7 Å². The van der Waals surface area contributed by atoms with Crippen LogP contribution in [-0.4, -0.2) is 42.0 Å². The van der Waals surface area contributed by atoms with Crippen molar-refractivity contribution in [3.8, 4) is 0 Å². The molecule has 1 rings (SSSR count). The summed E-state index contributed by atoms with van der Waals surface area (Å²) in [5.41, 5.74) is 0.271. The predicted octanol–water partition coefficient (Wildman–Crippen LogP) is 0.803. The highest BCUT2D eigenvalue weighted by Crippen LogP contribution is 2.32. The smallest absolute Gasteiger partial charge is 0.334 e. The van der Waals surface area contributed by atoms with Crippen molar-refractivity contribution in [1.29, 1.82) is 0 Å². The van der Waals surface area contributed by atoms with Gasteiger partial charge in [0.15, 0.2) is 0 Å². The van der Waals surface area contributed by atoms with Gasteiger partial charge in [-0.3, -0.25) is 10.1 Å². The molecule has 0 saturated heterocycles. The number of sulfonamides is 1. The number of nitrogens with zero attached hydrogens (tertiary/aromatic N) is 3. The Morgan fingerprint density at radius 2 is 2.05 bits per heavy atom. The summed E-state index contributed by atoms with van der Waals surface area (Å²) in [4.78, 5) is 10.7. The number of anilines is 1. The van der Waals surface area contributed by atoms with Gasteiger partial charge in [-0.05, 0) is 0 Å². The van der Waals surface area contributed by atoms with E-state index >= 15 is 0 Å². The quantitative estimate of drug-likeness (QED) is 0.540. The van der Waals surface area contributed by atoms with E-state index in [2.05, 4.69) is 15.1 Å². The molecule has 0 spiro atoms. The highest BCUT2D eigenvalue weighted by atomic mass is 32.2. The Balaban J connectivity index is 2.91. The molecule has 0 aliphatic heterocycles. The molecule has 2 N–H and O–H groups in total. The van der Waals surface area contributed by atoms with Crippen LogP contribution in [0.15, 0.2) is 0 Å². The van der Waals surface area contributed by atoms with E-state index in [1.54, 1.807) is 14.0 Å². The van der Waals surface area contributed by atoms with Crippen molar-refractivity contribution in [2.75, 3.05) is 24.2 Å². The summed E-state index contributed by atoms with van der Waals surface area (Å²) >= 11 is 0. The maximum Gasteiger partial charge on any atom is 0.334 e. The zero-order valence-corrected chi connectivity index (χ0v) is 13.4. The molecule has 0 fully saturated rings. The number of hydrogen-bond acceptors (Lipinski definition) is 6. The molecule has 0 aliphatic rings. The first-order valence-corrected chi connectivity index (χ1v) is 8.27. The van der Waals surface area contributed by atoms with Gasteiger partial charge in [-0.25, -0.2) is 17.8 Å². The van der Waals surface area contributed by atoms with Crippen LogP contribution in [0.25, 0.3) is 0 Å². The molecule has 0 radical (unpaired) electrons. The Morgan fingerprint density at radius 3 is 2.52 bits per heavy atom. The van der Waals surface area contributed by atoms with E-state index in [1.165, 1.54) is 4.68 Å². The van der Waals surface area contributed by atoms with Crippen LogP contribution in [-0.2, 0) is 17.1 Å². The van der Waals surface area contributed by atoms with Crippen LogP contribution < -0.4 is 10.0 Å². The van der Waals surface area contributed by atoms with Gasteiger partial charge in [-0.1, -0.05) is 20.8 Å². The Labute approximate surface area is 123 Å². The standard InChI is InChI=1S/C11H21N5O4S/c1-5-13-21(19,20)7-6-12-11-10(16(17)18)9(8(2)3)14-15(11)4/h8,12-13H,5-7H2,1-4H3. The van der Waals surface area contributed by atoms with Gasteiger partial charge >= 0.3 is 5.69 Å². The number of aryl methyl sites for hydroxylation is 1. The molecular formula is C11H21N5O4S. The van der Waals surface area contributed by atoms with Crippen molar-refractivity contribution in [2.24, 2.45) is 7.05 Å². The zero-order chi connectivity index (χ0) is 16.2. The fraction of sp³-hybridized carbons (Fsp3) is 0.727. The molecule has 120 valence electrons. The van der Waals surface area contributed by atoms with Crippen LogP contribution in [0.2, 0.25) is 0 Å². The molecule has 0 unspecified atom stereocenters. The molecule has 1 aromatic heterocycles. The second-order valence-electron chi connectivity index (χ2n) is 4.86. The number of nitrogens with one attached hydrogen (secondary N) is 2. The lowest BCUT2D eigenvalue weighted by Gasteiger charge is -2.07. The lowest BCUT2D eigenvalue weighted by atomic mass is 10.1. The number of hydrogen-bond donors (Lipinski definition) is 2. The maximum atomic E-state index is 11.5. The highest BCUT2D eigenvalue weighted by Gasteiger charge is 2.28. The van der Waals surface area contributed by atoms with Gasteiger partial charge in [-0.2, -0.15) is 5.10 Å². The van der Waals surface area contributed by atoms with E-state index in [0.29, 0.717) is 12.2 Å². The molecule has 9 nitrogen and oxygen atoms in total. The van der Waals surface area contributed by atoms with E-state index in [4.69, 9.17) is 0 Å². The minimum absolute atomic E-state index is 0.0627. The molecule has 0 atom stereocenters. The molecule has 0 saturated carbocycles. The summed E-state index contributed by atoms with van der Waals surface area (Å²) in [6.07, 6.45) is 0. The number of nitro groups is 1. The van der Waals surface area contributed by atoms with Crippen molar-refractivity contribution >= 4 is 21.5 Å². The third-order valence-corrected chi connectivity index (χ3v) is 4.28. The summed E-state index contributed by atoms with van der Waals surface area (Å²) in [7, 11) is -1.79. The molecule has 0 bridgehead atoms. The van der Waals surface area contributed by atoms with E-state index in [1.807, 2.05) is 13.8 Å². The minimum atomic E-state index is -3.37. The normalized spacial score (nSPS) is 11.9. The van der Waals surface area contributed by atoms with E-state index < -0.39 is 14.9 Å². The van der Waals surface area contributed by atoms with Gasteiger partial charge in [0.1, 0.15) is 5.69 Å². The molecular weight excluding hydrogens is 298 g/mol. The first kappa shape index (κ1) is 17.4. The van der Waals surface area contributed by atoms with Crippen LogP contribution >= 0.6 is 0 Å². The van der Waals surface area contributed by atoms with Crippen LogP contribution in [0.1, 0.15) is 32.4 Å². The van der Waals surface area contributed by atoms with Crippen molar-refractivity contribution in [1.82, 2.24) is 14.5 Å². The molecule has 0 aromatic carbocycles. The maximum absolute atomic E-state index is 11.5. The van der Waals surface area contributed by atoms with Crippen LogP contribution in [0.3, 0.4) is 0 Å². The van der Waals surface area contributed by atoms with Crippen LogP contribution in [0, 0.1) is 10.1 Å². The lowest BCUT2D eigenvalue weighted by molar-refractivity contribution is -0.384. The summed E-state index contributed by atoms with van der Waals surface area (Å²) in [5, 5.41) is 18.1. The monoisotopic (exact) mass is 319 g/mol. The second-order valence-corrected chi connectivity index (χ2v) is 6.79. The first-order chi connectivity index (χ1) is 9.69. The van der Waals surface area contributed by atoms with Crippen molar-refractivity contribution < 1.29 is 13.3 Å². The SMILES string of the molecule is CCNS(=O)(=O)CCNc1c([N+](=O)[O-])c(C(C)C)nn1C. The fourth-order valence-electron chi connectivity index (χ4n) is 1.90. The topological polar surface area (TPSA) is 119 Å². The van der Waals surface area contributed by atoms with Gasteiger partial charge in [0.25, 0.3) is 0 Å². The summed E-state index contributed by atoms with van der Waals surface area (Å²) in [6, 6.07) is 0. The molecule has 1 heterocycles. The molecule has 0 amide bonds. The summed E-state index contributed by atoms with van der Waals surface area (Å²) < 4.78 is 26.8. The third kappa shape index (κ3) is 4.39. The Bertz CT molecular complexity index is 608.